The number of hydrogen-bond acceptors (Lipinski definition) is 5. The quantitative estimate of drug-likeness (QED) is 0.873. The van der Waals surface area contributed by atoms with Gasteiger partial charge in [-0.25, -0.2) is 0 Å². The van der Waals surface area contributed by atoms with E-state index in [-0.39, 0.29) is 0 Å². The molecule has 1 aromatic heterocycles. The van der Waals surface area contributed by atoms with Crippen molar-refractivity contribution in [3.63, 3.8) is 0 Å². The van der Waals surface area contributed by atoms with Crippen LogP contribution in [0.1, 0.15) is 12.8 Å². The summed E-state index contributed by atoms with van der Waals surface area (Å²) in [6, 6.07) is 4.11. The van der Waals surface area contributed by atoms with Crippen molar-refractivity contribution < 1.29 is 4.74 Å². The SMILES string of the molecule is COc1ccc(N)c(N(C)C2CCCN(C)C2)n1. The van der Waals surface area contributed by atoms with Gasteiger partial charge in [-0.1, -0.05) is 0 Å². The Balaban J connectivity index is 2.19. The average Bonchev–Trinajstić information content (AvgIpc) is 2.38. The highest BCUT2D eigenvalue weighted by Gasteiger charge is 2.23. The molecule has 0 aromatic carbocycles. The van der Waals surface area contributed by atoms with Crippen LogP contribution in [0.3, 0.4) is 0 Å². The number of nitrogens with zero attached hydrogens (tertiary/aromatic N) is 3. The lowest BCUT2D eigenvalue weighted by Crippen LogP contribution is -2.45. The van der Waals surface area contributed by atoms with Crippen molar-refractivity contribution in [3.05, 3.63) is 12.1 Å². The number of likely N-dealkylation sites (tertiary alicyclic amines) is 1. The first kappa shape index (κ1) is 13.0. The largest absolute Gasteiger partial charge is 0.481 e. The van der Waals surface area contributed by atoms with E-state index in [0.29, 0.717) is 17.6 Å². The molecule has 0 amide bonds. The average molecular weight is 250 g/mol. The molecule has 1 aliphatic heterocycles. The smallest absolute Gasteiger partial charge is 0.215 e. The molecule has 0 spiro atoms. The summed E-state index contributed by atoms with van der Waals surface area (Å²) in [4.78, 5) is 8.97. The Kier molecular flexibility index (Phi) is 3.91. The van der Waals surface area contributed by atoms with E-state index in [1.165, 1.54) is 19.4 Å². The van der Waals surface area contributed by atoms with Gasteiger partial charge in [0.2, 0.25) is 5.88 Å². The van der Waals surface area contributed by atoms with Gasteiger partial charge in [0.05, 0.1) is 12.8 Å². The van der Waals surface area contributed by atoms with Gasteiger partial charge in [-0.05, 0) is 32.5 Å². The van der Waals surface area contributed by atoms with E-state index in [0.717, 1.165) is 12.4 Å². The third-order valence-electron chi connectivity index (χ3n) is 3.57. The molecule has 1 unspecified atom stereocenters. The highest BCUT2D eigenvalue weighted by atomic mass is 16.5. The van der Waals surface area contributed by atoms with Gasteiger partial charge < -0.3 is 20.3 Å². The zero-order chi connectivity index (χ0) is 13.1. The first-order valence-corrected chi connectivity index (χ1v) is 6.33. The molecule has 18 heavy (non-hydrogen) atoms. The van der Waals surface area contributed by atoms with E-state index >= 15 is 0 Å². The van der Waals surface area contributed by atoms with Crippen LogP contribution in [-0.2, 0) is 0 Å². The third kappa shape index (κ3) is 2.67. The van der Waals surface area contributed by atoms with Gasteiger partial charge in [0.1, 0.15) is 0 Å². The van der Waals surface area contributed by atoms with Crippen molar-refractivity contribution in [1.82, 2.24) is 9.88 Å². The summed E-state index contributed by atoms with van der Waals surface area (Å²) in [7, 11) is 5.83. The number of aromatic nitrogens is 1. The molecule has 5 nitrogen and oxygen atoms in total. The van der Waals surface area contributed by atoms with Crippen LogP contribution in [0.5, 0.6) is 5.88 Å². The molecular formula is C13H22N4O. The minimum atomic E-state index is 0.464. The number of ether oxygens (including phenoxy) is 1. The summed E-state index contributed by atoms with van der Waals surface area (Å²) in [6.07, 6.45) is 2.40. The van der Waals surface area contributed by atoms with Crippen LogP contribution in [0.15, 0.2) is 12.1 Å². The molecule has 0 aliphatic carbocycles. The molecule has 2 N–H and O–H groups in total. The molecule has 2 heterocycles. The molecule has 1 atom stereocenters. The minimum absolute atomic E-state index is 0.464. The van der Waals surface area contributed by atoms with Crippen molar-refractivity contribution in [2.24, 2.45) is 0 Å². The fraction of sp³-hybridized carbons (Fsp3) is 0.615. The van der Waals surface area contributed by atoms with Gasteiger partial charge in [-0.2, -0.15) is 4.98 Å². The molecule has 2 rings (SSSR count). The van der Waals surface area contributed by atoms with Crippen LogP contribution in [0.2, 0.25) is 0 Å². The van der Waals surface area contributed by atoms with Gasteiger partial charge >= 0.3 is 0 Å². The minimum Gasteiger partial charge on any atom is -0.481 e. The van der Waals surface area contributed by atoms with E-state index in [4.69, 9.17) is 10.5 Å². The van der Waals surface area contributed by atoms with Crippen LogP contribution >= 0.6 is 0 Å². The molecule has 1 aliphatic rings. The first-order chi connectivity index (χ1) is 8.61. The normalized spacial score (nSPS) is 20.7. The van der Waals surface area contributed by atoms with Crippen LogP contribution in [0.25, 0.3) is 0 Å². The summed E-state index contributed by atoms with van der Waals surface area (Å²) in [5, 5.41) is 0. The van der Waals surface area contributed by atoms with Crippen LogP contribution < -0.4 is 15.4 Å². The zero-order valence-electron chi connectivity index (χ0n) is 11.4. The molecule has 1 aromatic rings. The predicted molar refractivity (Wildman–Crippen MR) is 74.1 cm³/mol. The molecule has 1 fully saturated rings. The number of hydrogen-bond donors (Lipinski definition) is 1. The maximum absolute atomic E-state index is 6.01. The molecule has 0 saturated carbocycles. The number of anilines is 2. The lowest BCUT2D eigenvalue weighted by atomic mass is 10.1. The van der Waals surface area contributed by atoms with Crippen molar-refractivity contribution in [3.8, 4) is 5.88 Å². The van der Waals surface area contributed by atoms with Crippen LogP contribution in [-0.4, -0.2) is 50.2 Å². The number of nitrogen functional groups attached to an aromatic ring is 1. The Hall–Kier alpha value is -1.49. The van der Waals surface area contributed by atoms with E-state index in [9.17, 15) is 0 Å². The third-order valence-corrected chi connectivity index (χ3v) is 3.57. The molecule has 0 bridgehead atoms. The lowest BCUT2D eigenvalue weighted by Gasteiger charge is -2.36. The van der Waals surface area contributed by atoms with Crippen molar-refractivity contribution >= 4 is 11.5 Å². The number of nitrogens with two attached hydrogens (primary N) is 1. The molecule has 5 heteroatoms. The Bertz CT molecular complexity index is 410. The Morgan fingerprint density at radius 3 is 2.94 bits per heavy atom. The van der Waals surface area contributed by atoms with Crippen molar-refractivity contribution in [2.75, 3.05) is 44.9 Å². The maximum atomic E-state index is 6.01. The second kappa shape index (κ2) is 5.44. The highest BCUT2D eigenvalue weighted by Crippen LogP contribution is 2.26. The summed E-state index contributed by atoms with van der Waals surface area (Å²) in [5.41, 5.74) is 6.71. The first-order valence-electron chi connectivity index (χ1n) is 6.33. The number of likely N-dealkylation sites (N-methyl/N-ethyl adjacent to an activating group) is 2. The van der Waals surface area contributed by atoms with E-state index < -0.39 is 0 Å². The monoisotopic (exact) mass is 250 g/mol. The van der Waals surface area contributed by atoms with Gasteiger partial charge in [0.25, 0.3) is 0 Å². The van der Waals surface area contributed by atoms with Crippen molar-refractivity contribution in [1.29, 1.82) is 0 Å². The number of pyridine rings is 1. The number of piperidine rings is 1. The zero-order valence-corrected chi connectivity index (χ0v) is 11.4. The van der Waals surface area contributed by atoms with Gasteiger partial charge in [0, 0.05) is 25.7 Å². The Labute approximate surface area is 109 Å². The Morgan fingerprint density at radius 1 is 1.50 bits per heavy atom. The number of methoxy groups -OCH3 is 1. The second-order valence-electron chi connectivity index (χ2n) is 4.94. The van der Waals surface area contributed by atoms with E-state index in [1.54, 1.807) is 13.2 Å². The Morgan fingerprint density at radius 2 is 2.28 bits per heavy atom. The van der Waals surface area contributed by atoms with Crippen LogP contribution in [0.4, 0.5) is 11.5 Å². The molecule has 100 valence electrons. The highest BCUT2D eigenvalue weighted by molar-refractivity contribution is 5.63. The van der Waals surface area contributed by atoms with E-state index in [1.807, 2.05) is 6.07 Å². The summed E-state index contributed by atoms with van der Waals surface area (Å²) in [6.45, 7) is 2.22. The molecular weight excluding hydrogens is 228 g/mol. The molecule has 0 radical (unpaired) electrons. The van der Waals surface area contributed by atoms with Gasteiger partial charge in [-0.15, -0.1) is 0 Å². The fourth-order valence-corrected chi connectivity index (χ4v) is 2.47. The molecule has 1 saturated heterocycles. The van der Waals surface area contributed by atoms with Gasteiger partial charge in [0.15, 0.2) is 5.82 Å². The standard InChI is InChI=1S/C13H22N4O/c1-16-8-4-5-10(9-16)17(2)13-11(14)6-7-12(15-13)18-3/h6-7,10H,4-5,8-9,14H2,1-3H3. The number of rotatable bonds is 3. The second-order valence-corrected chi connectivity index (χ2v) is 4.94. The van der Waals surface area contributed by atoms with Crippen molar-refractivity contribution in [2.45, 2.75) is 18.9 Å². The summed E-state index contributed by atoms with van der Waals surface area (Å²) >= 11 is 0. The topological polar surface area (TPSA) is 54.6 Å². The summed E-state index contributed by atoms with van der Waals surface area (Å²) < 4.78 is 5.16. The predicted octanol–water partition coefficient (Wildman–Crippen LogP) is 1.20. The van der Waals surface area contributed by atoms with E-state index in [2.05, 4.69) is 28.9 Å². The van der Waals surface area contributed by atoms with Crippen LogP contribution in [0, 0.1) is 0 Å². The fourth-order valence-electron chi connectivity index (χ4n) is 2.47. The maximum Gasteiger partial charge on any atom is 0.215 e. The summed E-state index contributed by atoms with van der Waals surface area (Å²) in [5.74, 6) is 1.42. The lowest BCUT2D eigenvalue weighted by molar-refractivity contribution is 0.247. The van der Waals surface area contributed by atoms with Gasteiger partial charge in [-0.3, -0.25) is 0 Å².